The summed E-state index contributed by atoms with van der Waals surface area (Å²) in [7, 11) is 2.08. The van der Waals surface area contributed by atoms with E-state index in [1.807, 2.05) is 47.0 Å². The van der Waals surface area contributed by atoms with E-state index in [-0.39, 0.29) is 11.8 Å². The summed E-state index contributed by atoms with van der Waals surface area (Å²) >= 11 is 0. The van der Waals surface area contributed by atoms with Crippen molar-refractivity contribution in [2.24, 2.45) is 5.92 Å². The number of benzene rings is 1. The van der Waals surface area contributed by atoms with Crippen LogP contribution in [0.2, 0.25) is 0 Å². The van der Waals surface area contributed by atoms with Crippen LogP contribution in [0, 0.1) is 5.92 Å². The van der Waals surface area contributed by atoms with Gasteiger partial charge in [-0.25, -0.2) is 0 Å². The van der Waals surface area contributed by atoms with E-state index in [2.05, 4.69) is 44.5 Å². The van der Waals surface area contributed by atoms with Crippen molar-refractivity contribution in [3.63, 3.8) is 0 Å². The second kappa shape index (κ2) is 8.94. The Kier molecular flexibility index (Phi) is 5.93. The first-order chi connectivity index (χ1) is 14.2. The van der Waals surface area contributed by atoms with Crippen LogP contribution >= 0.6 is 0 Å². The third-order valence-electron chi connectivity index (χ3n) is 5.54. The molecule has 7 nitrogen and oxygen atoms in total. The number of anilines is 2. The zero-order valence-corrected chi connectivity index (χ0v) is 16.9. The van der Waals surface area contributed by atoms with E-state index >= 15 is 0 Å². The molecular formula is C22H28N6O. The predicted octanol–water partition coefficient (Wildman–Crippen LogP) is 2.59. The average molecular weight is 393 g/mol. The molecule has 1 saturated heterocycles. The Labute approximate surface area is 171 Å². The quantitative estimate of drug-likeness (QED) is 0.626. The molecule has 7 heteroatoms. The Bertz CT molecular complexity index is 941. The van der Waals surface area contributed by atoms with Crippen LogP contribution in [0.15, 0.2) is 54.7 Å². The van der Waals surface area contributed by atoms with Gasteiger partial charge in [0.2, 0.25) is 11.9 Å². The number of nitrogens with zero attached hydrogens (tertiary/aromatic N) is 5. The number of hydrogen-bond donors (Lipinski definition) is 1. The van der Waals surface area contributed by atoms with Gasteiger partial charge in [-0.3, -0.25) is 9.20 Å². The highest BCUT2D eigenvalue weighted by Gasteiger charge is 2.27. The number of pyridine rings is 1. The zero-order valence-electron chi connectivity index (χ0n) is 16.9. The Hall–Kier alpha value is -3.09. The van der Waals surface area contributed by atoms with Crippen LogP contribution in [0.1, 0.15) is 19.3 Å². The molecule has 1 aromatic carbocycles. The van der Waals surface area contributed by atoms with Crippen molar-refractivity contribution in [1.29, 1.82) is 0 Å². The smallest absolute Gasteiger partial charge is 0.231 e. The number of aromatic nitrogens is 3. The van der Waals surface area contributed by atoms with Crippen molar-refractivity contribution in [3.05, 3.63) is 54.7 Å². The minimum Gasteiger partial charge on any atom is -0.375 e. The number of fused-ring (bicyclic) bond motifs is 1. The van der Waals surface area contributed by atoms with Crippen LogP contribution < -0.4 is 15.1 Å². The van der Waals surface area contributed by atoms with Crippen molar-refractivity contribution >= 4 is 23.2 Å². The largest absolute Gasteiger partial charge is 0.375 e. The van der Waals surface area contributed by atoms with E-state index in [4.69, 9.17) is 0 Å². The van der Waals surface area contributed by atoms with Gasteiger partial charge in [0.25, 0.3) is 0 Å². The molecule has 0 aliphatic carbocycles. The second-order valence-electron chi connectivity index (χ2n) is 7.62. The number of rotatable bonds is 7. The second-order valence-corrected chi connectivity index (χ2v) is 7.62. The lowest BCUT2D eigenvalue weighted by molar-refractivity contribution is -0.125. The molecule has 0 saturated carbocycles. The summed E-state index contributed by atoms with van der Waals surface area (Å²) < 4.78 is 1.99. The number of amides is 1. The Morgan fingerprint density at radius 1 is 1.17 bits per heavy atom. The standard InChI is InChI=1S/C22H28N6O/c1-26(19-10-3-2-4-11-19)14-8-13-23-21(29)18-9-7-15-27(17-18)22-25-24-20-12-5-6-16-28(20)22/h2-6,10-12,16,18H,7-9,13-15,17H2,1H3,(H,23,29)/t18-/m0/s1. The first-order valence-electron chi connectivity index (χ1n) is 10.3. The third-order valence-corrected chi connectivity index (χ3v) is 5.54. The summed E-state index contributed by atoms with van der Waals surface area (Å²) in [4.78, 5) is 17.1. The maximum absolute atomic E-state index is 12.7. The number of para-hydroxylation sites is 1. The monoisotopic (exact) mass is 392 g/mol. The minimum atomic E-state index is -0.00772. The molecule has 0 spiro atoms. The fourth-order valence-corrected chi connectivity index (χ4v) is 3.90. The molecule has 1 fully saturated rings. The van der Waals surface area contributed by atoms with Crippen LogP contribution in [-0.4, -0.2) is 53.7 Å². The number of carbonyl (C=O) groups is 1. The van der Waals surface area contributed by atoms with Crippen LogP contribution in [0.25, 0.3) is 5.65 Å². The van der Waals surface area contributed by atoms with Crippen molar-refractivity contribution < 1.29 is 4.79 Å². The minimum absolute atomic E-state index is 0.00772. The molecule has 1 aliphatic heterocycles. The average Bonchev–Trinajstić information content (AvgIpc) is 3.21. The maximum Gasteiger partial charge on any atom is 0.231 e. The van der Waals surface area contributed by atoms with Crippen molar-refractivity contribution in [1.82, 2.24) is 19.9 Å². The highest BCUT2D eigenvalue weighted by Crippen LogP contribution is 2.22. The number of hydrogen-bond acceptors (Lipinski definition) is 5. The normalized spacial score (nSPS) is 16.7. The lowest BCUT2D eigenvalue weighted by Gasteiger charge is -2.32. The molecule has 1 aliphatic rings. The van der Waals surface area contributed by atoms with Gasteiger partial charge in [0.1, 0.15) is 0 Å². The van der Waals surface area contributed by atoms with Gasteiger partial charge in [0.05, 0.1) is 5.92 Å². The summed E-state index contributed by atoms with van der Waals surface area (Å²) in [6, 6.07) is 16.2. The first-order valence-corrected chi connectivity index (χ1v) is 10.3. The molecule has 0 bridgehead atoms. The third kappa shape index (κ3) is 4.50. The number of piperidine rings is 1. The molecule has 4 rings (SSSR count). The van der Waals surface area contributed by atoms with E-state index in [1.165, 1.54) is 5.69 Å². The highest BCUT2D eigenvalue weighted by molar-refractivity contribution is 5.79. The number of carbonyl (C=O) groups excluding carboxylic acids is 1. The van der Waals surface area contributed by atoms with Crippen LogP contribution in [0.4, 0.5) is 11.6 Å². The van der Waals surface area contributed by atoms with Gasteiger partial charge in [0.15, 0.2) is 5.65 Å². The maximum atomic E-state index is 12.7. The molecule has 152 valence electrons. The fraction of sp³-hybridized carbons (Fsp3) is 0.409. The van der Waals surface area contributed by atoms with E-state index in [0.29, 0.717) is 13.1 Å². The zero-order chi connectivity index (χ0) is 20.1. The summed E-state index contributed by atoms with van der Waals surface area (Å²) in [5.41, 5.74) is 2.03. The Morgan fingerprint density at radius 2 is 2.00 bits per heavy atom. The molecule has 0 radical (unpaired) electrons. The summed E-state index contributed by atoms with van der Waals surface area (Å²) in [5, 5.41) is 11.7. The Morgan fingerprint density at radius 3 is 2.86 bits per heavy atom. The predicted molar refractivity (Wildman–Crippen MR) is 115 cm³/mol. The first kappa shape index (κ1) is 19.2. The van der Waals surface area contributed by atoms with Crippen LogP contribution in [0.5, 0.6) is 0 Å². The summed E-state index contributed by atoms with van der Waals surface area (Å²) in [6.45, 7) is 3.19. The van der Waals surface area contributed by atoms with Crippen LogP contribution in [-0.2, 0) is 4.79 Å². The SMILES string of the molecule is CN(CCCNC(=O)[C@H]1CCCN(c2nnc3ccccn23)C1)c1ccccc1. The lowest BCUT2D eigenvalue weighted by Crippen LogP contribution is -2.44. The molecule has 3 heterocycles. The van der Waals surface area contributed by atoms with E-state index in [9.17, 15) is 4.79 Å². The van der Waals surface area contributed by atoms with Crippen LogP contribution in [0.3, 0.4) is 0 Å². The van der Waals surface area contributed by atoms with Gasteiger partial charge in [0, 0.05) is 45.1 Å². The van der Waals surface area contributed by atoms with Crippen molar-refractivity contribution in [2.45, 2.75) is 19.3 Å². The summed E-state index contributed by atoms with van der Waals surface area (Å²) in [5.74, 6) is 0.958. The van der Waals surface area contributed by atoms with Gasteiger partial charge >= 0.3 is 0 Å². The van der Waals surface area contributed by atoms with Gasteiger partial charge in [-0.1, -0.05) is 24.3 Å². The van der Waals surface area contributed by atoms with Gasteiger partial charge in [-0.05, 0) is 43.5 Å². The van der Waals surface area contributed by atoms with Gasteiger partial charge in [-0.15, -0.1) is 10.2 Å². The van der Waals surface area contributed by atoms with Crippen molar-refractivity contribution in [3.8, 4) is 0 Å². The molecule has 0 unspecified atom stereocenters. The molecule has 1 amide bonds. The summed E-state index contributed by atoms with van der Waals surface area (Å²) in [6.07, 6.45) is 4.79. The molecule has 3 aromatic rings. The topological polar surface area (TPSA) is 65.8 Å². The number of nitrogens with one attached hydrogen (secondary N) is 1. The molecule has 29 heavy (non-hydrogen) atoms. The van der Waals surface area contributed by atoms with E-state index < -0.39 is 0 Å². The molecular weight excluding hydrogens is 364 g/mol. The Balaban J connectivity index is 1.27. The highest BCUT2D eigenvalue weighted by atomic mass is 16.1. The van der Waals surface area contributed by atoms with Gasteiger partial charge in [-0.2, -0.15) is 0 Å². The molecule has 1 atom stereocenters. The lowest BCUT2D eigenvalue weighted by atomic mass is 9.97. The van der Waals surface area contributed by atoms with E-state index in [0.717, 1.165) is 43.9 Å². The molecule has 2 aromatic heterocycles. The van der Waals surface area contributed by atoms with E-state index in [1.54, 1.807) is 0 Å². The van der Waals surface area contributed by atoms with Crippen molar-refractivity contribution in [2.75, 3.05) is 43.0 Å². The molecule has 1 N–H and O–H groups in total. The fourth-order valence-electron chi connectivity index (χ4n) is 3.90. The van der Waals surface area contributed by atoms with Gasteiger partial charge < -0.3 is 15.1 Å².